The first-order chi connectivity index (χ1) is 8.96. The Labute approximate surface area is 114 Å². The highest BCUT2D eigenvalue weighted by atomic mass is 16.6. The molecule has 0 radical (unpaired) electrons. The van der Waals surface area contributed by atoms with Gasteiger partial charge in [0.15, 0.2) is 0 Å². The smallest absolute Gasteiger partial charge is 0.407 e. The van der Waals surface area contributed by atoms with Gasteiger partial charge in [-0.15, -0.1) is 0 Å². The van der Waals surface area contributed by atoms with E-state index in [4.69, 9.17) is 4.74 Å². The minimum Gasteiger partial charge on any atom is -0.447 e. The molecule has 19 heavy (non-hydrogen) atoms. The van der Waals surface area contributed by atoms with Crippen LogP contribution in [0.5, 0.6) is 0 Å². The van der Waals surface area contributed by atoms with Crippen LogP contribution in [0, 0.1) is 0 Å². The third-order valence-electron chi connectivity index (χ3n) is 3.54. The number of hydrazone groups is 1. The highest BCUT2D eigenvalue weighted by Crippen LogP contribution is 2.24. The number of alkyl carbamates (subject to hydrolysis) is 1. The van der Waals surface area contributed by atoms with Crippen LogP contribution in [0.2, 0.25) is 0 Å². The average molecular weight is 266 g/mol. The predicted octanol–water partition coefficient (Wildman–Crippen LogP) is 1.01. The highest BCUT2D eigenvalue weighted by molar-refractivity contribution is 5.71. The van der Waals surface area contributed by atoms with E-state index in [9.17, 15) is 4.79 Å². The van der Waals surface area contributed by atoms with Crippen LogP contribution >= 0.6 is 0 Å². The first-order valence-electron chi connectivity index (χ1n) is 6.59. The van der Waals surface area contributed by atoms with Gasteiger partial charge in [-0.2, -0.15) is 5.10 Å². The van der Waals surface area contributed by atoms with E-state index in [0.29, 0.717) is 19.2 Å². The van der Waals surface area contributed by atoms with Crippen molar-refractivity contribution < 1.29 is 9.53 Å². The van der Waals surface area contributed by atoms with Crippen molar-refractivity contribution in [2.45, 2.75) is 32.4 Å². The fourth-order valence-corrected chi connectivity index (χ4v) is 2.50. The molecule has 2 aliphatic rings. The zero-order valence-corrected chi connectivity index (χ0v) is 11.8. The quantitative estimate of drug-likeness (QED) is 0.758. The molecule has 1 N–H and O–H groups in total. The number of amides is 1. The molecule has 6 nitrogen and oxygen atoms in total. The highest BCUT2D eigenvalue weighted by Gasteiger charge is 2.45. The van der Waals surface area contributed by atoms with Crippen molar-refractivity contribution in [3.05, 3.63) is 12.3 Å². The van der Waals surface area contributed by atoms with Crippen molar-refractivity contribution in [1.29, 1.82) is 0 Å². The van der Waals surface area contributed by atoms with Crippen LogP contribution in [0.3, 0.4) is 0 Å². The standard InChI is InChI=1S/C13H22N4O2/c1-5-14-17-8-13(9-19-12(18)15-13)7-16(10(2)3)6-11(17)4/h5,10H,4,6-9H2,1-3H3,(H,15,18)/b14-5-. The summed E-state index contributed by atoms with van der Waals surface area (Å²) in [7, 11) is 0. The molecule has 6 heteroatoms. The molecule has 106 valence electrons. The molecule has 0 bridgehead atoms. The van der Waals surface area contributed by atoms with Gasteiger partial charge in [0.1, 0.15) is 12.1 Å². The van der Waals surface area contributed by atoms with Gasteiger partial charge >= 0.3 is 6.09 Å². The largest absolute Gasteiger partial charge is 0.447 e. The zero-order chi connectivity index (χ0) is 14.0. The second kappa shape index (κ2) is 5.21. The molecule has 1 atom stereocenters. The number of carbonyl (C=O) groups is 1. The molecule has 2 aliphatic heterocycles. The van der Waals surface area contributed by atoms with E-state index in [1.165, 1.54) is 0 Å². The van der Waals surface area contributed by atoms with Gasteiger partial charge in [0.2, 0.25) is 0 Å². The topological polar surface area (TPSA) is 57.2 Å². The second-order valence-corrected chi connectivity index (χ2v) is 5.48. The molecule has 0 aromatic carbocycles. The summed E-state index contributed by atoms with van der Waals surface area (Å²) < 4.78 is 5.11. The van der Waals surface area contributed by atoms with E-state index in [0.717, 1.165) is 18.8 Å². The first kappa shape index (κ1) is 13.9. The number of carbonyl (C=O) groups excluding carboxylic acids is 1. The number of rotatable bonds is 2. The molecule has 0 aromatic rings. The molecule has 1 spiro atoms. The van der Waals surface area contributed by atoms with Gasteiger partial charge in [-0.25, -0.2) is 4.79 Å². The predicted molar refractivity (Wildman–Crippen MR) is 73.9 cm³/mol. The Morgan fingerprint density at radius 2 is 2.26 bits per heavy atom. The maximum atomic E-state index is 11.4. The van der Waals surface area contributed by atoms with Gasteiger partial charge in [0.05, 0.1) is 6.54 Å². The first-order valence-corrected chi connectivity index (χ1v) is 6.59. The monoisotopic (exact) mass is 266 g/mol. The molecule has 2 heterocycles. The van der Waals surface area contributed by atoms with Crippen molar-refractivity contribution in [1.82, 2.24) is 15.2 Å². The third-order valence-corrected chi connectivity index (χ3v) is 3.54. The Kier molecular flexibility index (Phi) is 3.80. The fourth-order valence-electron chi connectivity index (χ4n) is 2.50. The Morgan fingerprint density at radius 1 is 1.53 bits per heavy atom. The van der Waals surface area contributed by atoms with Crippen LogP contribution in [-0.4, -0.2) is 60.0 Å². The van der Waals surface area contributed by atoms with Crippen molar-refractivity contribution in [2.75, 3.05) is 26.2 Å². The molecule has 1 unspecified atom stereocenters. The van der Waals surface area contributed by atoms with Crippen LogP contribution in [-0.2, 0) is 4.74 Å². The molecule has 2 fully saturated rings. The van der Waals surface area contributed by atoms with Crippen LogP contribution in [0.1, 0.15) is 20.8 Å². The summed E-state index contributed by atoms with van der Waals surface area (Å²) in [5.41, 5.74) is 0.526. The molecular formula is C13H22N4O2. The number of hydrogen-bond acceptors (Lipinski definition) is 5. The van der Waals surface area contributed by atoms with Gasteiger partial charge < -0.3 is 10.1 Å². The number of cyclic esters (lactones) is 1. The molecule has 2 rings (SSSR count). The Balaban J connectivity index is 2.27. The van der Waals surface area contributed by atoms with Crippen molar-refractivity contribution in [3.63, 3.8) is 0 Å². The van der Waals surface area contributed by atoms with Crippen molar-refractivity contribution >= 4 is 12.3 Å². The number of ether oxygens (including phenoxy) is 1. The van der Waals surface area contributed by atoms with E-state index in [1.807, 2.05) is 11.9 Å². The summed E-state index contributed by atoms with van der Waals surface area (Å²) in [5.74, 6) is 0. The van der Waals surface area contributed by atoms with Crippen LogP contribution in [0.15, 0.2) is 17.4 Å². The van der Waals surface area contributed by atoms with E-state index in [-0.39, 0.29) is 6.09 Å². The summed E-state index contributed by atoms with van der Waals surface area (Å²) in [5, 5.41) is 9.14. The summed E-state index contributed by atoms with van der Waals surface area (Å²) in [6.45, 7) is 12.7. The van der Waals surface area contributed by atoms with Gasteiger partial charge in [-0.05, 0) is 20.8 Å². The minimum atomic E-state index is -0.409. The summed E-state index contributed by atoms with van der Waals surface area (Å²) in [4.78, 5) is 13.7. The van der Waals surface area contributed by atoms with Gasteiger partial charge in [0.25, 0.3) is 0 Å². The number of nitrogens with one attached hydrogen (secondary N) is 1. The van der Waals surface area contributed by atoms with Gasteiger partial charge in [-0.1, -0.05) is 6.58 Å². The van der Waals surface area contributed by atoms with Crippen LogP contribution < -0.4 is 5.32 Å². The molecule has 0 aliphatic carbocycles. The van der Waals surface area contributed by atoms with E-state index >= 15 is 0 Å². The lowest BCUT2D eigenvalue weighted by Gasteiger charge is -2.32. The Hall–Kier alpha value is -1.56. The fraction of sp³-hybridized carbons (Fsp3) is 0.692. The number of hydrogen-bond donors (Lipinski definition) is 1. The molecule has 2 saturated heterocycles. The SMILES string of the molecule is C=C1CN(C(C)C)CC2(COC(=O)N2)CN1/N=C\C. The normalized spacial score (nSPS) is 29.2. The summed E-state index contributed by atoms with van der Waals surface area (Å²) >= 11 is 0. The number of nitrogens with zero attached hydrogens (tertiary/aromatic N) is 3. The maximum Gasteiger partial charge on any atom is 0.407 e. The lowest BCUT2D eigenvalue weighted by atomic mass is 10.0. The van der Waals surface area contributed by atoms with E-state index < -0.39 is 5.54 Å². The molecule has 0 saturated carbocycles. The Bertz CT molecular complexity index is 407. The lowest BCUT2D eigenvalue weighted by molar-refractivity contribution is 0.148. The maximum absolute atomic E-state index is 11.4. The Morgan fingerprint density at radius 3 is 2.79 bits per heavy atom. The van der Waals surface area contributed by atoms with Crippen molar-refractivity contribution in [2.24, 2.45) is 5.10 Å². The van der Waals surface area contributed by atoms with Crippen LogP contribution in [0.25, 0.3) is 0 Å². The average Bonchev–Trinajstić information content (AvgIpc) is 2.62. The second-order valence-electron chi connectivity index (χ2n) is 5.48. The molecule has 0 aromatic heterocycles. The van der Waals surface area contributed by atoms with E-state index in [1.54, 1.807) is 6.21 Å². The van der Waals surface area contributed by atoms with E-state index in [2.05, 4.69) is 35.7 Å². The van der Waals surface area contributed by atoms with Gasteiger partial charge in [-0.3, -0.25) is 9.91 Å². The minimum absolute atomic E-state index is 0.350. The third kappa shape index (κ3) is 2.89. The summed E-state index contributed by atoms with van der Waals surface area (Å²) in [6.07, 6.45) is 1.39. The van der Waals surface area contributed by atoms with Gasteiger partial charge in [0, 0.05) is 31.0 Å². The molecular weight excluding hydrogens is 244 g/mol. The van der Waals surface area contributed by atoms with Crippen molar-refractivity contribution in [3.8, 4) is 0 Å². The molecule has 1 amide bonds. The summed E-state index contributed by atoms with van der Waals surface area (Å²) in [6, 6.07) is 0.372. The lowest BCUT2D eigenvalue weighted by Crippen LogP contribution is -2.56. The zero-order valence-electron chi connectivity index (χ0n) is 11.8. The van der Waals surface area contributed by atoms with Crippen LogP contribution in [0.4, 0.5) is 4.79 Å².